The number of methoxy groups -OCH3 is 1. The highest BCUT2D eigenvalue weighted by Gasteiger charge is 2.27. The molecule has 0 bridgehead atoms. The zero-order valence-corrected chi connectivity index (χ0v) is 19.5. The number of nitrogens with one attached hydrogen (secondary N) is 1. The Morgan fingerprint density at radius 3 is 2.73 bits per heavy atom. The molecule has 2 rings (SSSR count). The Labute approximate surface area is 175 Å². The summed E-state index contributed by atoms with van der Waals surface area (Å²) in [6, 6.07) is 0. The van der Waals surface area contributed by atoms with Crippen molar-refractivity contribution in [2.45, 2.75) is 46.6 Å². The summed E-state index contributed by atoms with van der Waals surface area (Å²) < 4.78 is 7.53. The third kappa shape index (κ3) is 6.72. The SMILES string of the molecule is CCNC(=NCC(OC)C(C)(C)C)N1CCC(Cc2cnn(C)c2)C1.I. The van der Waals surface area contributed by atoms with E-state index < -0.39 is 0 Å². The average Bonchev–Trinajstić information content (AvgIpc) is 3.15. The van der Waals surface area contributed by atoms with E-state index in [1.165, 1.54) is 12.0 Å². The molecule has 0 radical (unpaired) electrons. The highest BCUT2D eigenvalue weighted by atomic mass is 127. The zero-order valence-electron chi connectivity index (χ0n) is 17.2. The van der Waals surface area contributed by atoms with E-state index in [4.69, 9.17) is 9.73 Å². The van der Waals surface area contributed by atoms with Gasteiger partial charge in [-0.05, 0) is 36.7 Å². The van der Waals surface area contributed by atoms with Crippen molar-refractivity contribution >= 4 is 29.9 Å². The van der Waals surface area contributed by atoms with Crippen LogP contribution in [0.3, 0.4) is 0 Å². The summed E-state index contributed by atoms with van der Waals surface area (Å²) >= 11 is 0. The Morgan fingerprint density at radius 2 is 2.19 bits per heavy atom. The van der Waals surface area contributed by atoms with E-state index in [-0.39, 0.29) is 35.5 Å². The molecule has 0 aliphatic carbocycles. The fraction of sp³-hybridized carbons (Fsp3) is 0.789. The van der Waals surface area contributed by atoms with Crippen molar-refractivity contribution in [2.75, 3.05) is 33.3 Å². The van der Waals surface area contributed by atoms with E-state index in [0.717, 1.165) is 32.0 Å². The van der Waals surface area contributed by atoms with Gasteiger partial charge in [-0.15, -0.1) is 24.0 Å². The second-order valence-corrected chi connectivity index (χ2v) is 8.11. The van der Waals surface area contributed by atoms with E-state index in [0.29, 0.717) is 12.5 Å². The summed E-state index contributed by atoms with van der Waals surface area (Å²) in [6.07, 6.45) is 6.51. The van der Waals surface area contributed by atoms with Gasteiger partial charge < -0.3 is 15.0 Å². The van der Waals surface area contributed by atoms with E-state index in [1.807, 2.05) is 17.9 Å². The van der Waals surface area contributed by atoms with Crippen LogP contribution in [0.4, 0.5) is 0 Å². The lowest BCUT2D eigenvalue weighted by atomic mass is 9.89. The van der Waals surface area contributed by atoms with Crippen LogP contribution in [-0.2, 0) is 18.2 Å². The Morgan fingerprint density at radius 1 is 1.46 bits per heavy atom. The van der Waals surface area contributed by atoms with Gasteiger partial charge in [0, 0.05) is 40.0 Å². The molecule has 1 aliphatic rings. The Kier molecular flexibility index (Phi) is 9.36. The molecular weight excluding hydrogens is 441 g/mol. The molecule has 0 aromatic carbocycles. The van der Waals surface area contributed by atoms with Gasteiger partial charge in [0.1, 0.15) is 0 Å². The second-order valence-electron chi connectivity index (χ2n) is 8.11. The monoisotopic (exact) mass is 477 g/mol. The van der Waals surface area contributed by atoms with E-state index in [2.05, 4.69) is 49.2 Å². The molecule has 1 aromatic heterocycles. The third-order valence-electron chi connectivity index (χ3n) is 4.86. The number of hydrogen-bond acceptors (Lipinski definition) is 3. The third-order valence-corrected chi connectivity index (χ3v) is 4.86. The van der Waals surface area contributed by atoms with Crippen LogP contribution in [0.1, 0.15) is 39.7 Å². The van der Waals surface area contributed by atoms with Gasteiger partial charge in [-0.1, -0.05) is 20.8 Å². The second kappa shape index (κ2) is 10.5. The van der Waals surface area contributed by atoms with Crippen molar-refractivity contribution in [1.82, 2.24) is 20.0 Å². The Hall–Kier alpha value is -0.830. The van der Waals surface area contributed by atoms with Gasteiger partial charge in [-0.3, -0.25) is 9.67 Å². The van der Waals surface area contributed by atoms with E-state index >= 15 is 0 Å². The Balaban J connectivity index is 0.00000338. The normalized spacial score (nSPS) is 19.4. The minimum atomic E-state index is 0. The summed E-state index contributed by atoms with van der Waals surface area (Å²) in [6.45, 7) is 12.4. The number of aryl methyl sites for hydroxylation is 1. The standard InChI is InChI=1S/C19H35N5O.HI/c1-7-20-18(21-12-17(25-6)19(2,3)4)24-9-8-15(14-24)10-16-11-22-23(5)13-16;/h11,13,15,17H,7-10,12,14H2,1-6H3,(H,20,21);1H. The quantitative estimate of drug-likeness (QED) is 0.389. The zero-order chi connectivity index (χ0) is 18.4. The van der Waals surface area contributed by atoms with Gasteiger partial charge in [0.15, 0.2) is 5.96 Å². The van der Waals surface area contributed by atoms with Crippen LogP contribution in [0.2, 0.25) is 0 Å². The smallest absolute Gasteiger partial charge is 0.194 e. The lowest BCUT2D eigenvalue weighted by molar-refractivity contribution is 0.0240. The van der Waals surface area contributed by atoms with Crippen LogP contribution in [0.25, 0.3) is 0 Å². The van der Waals surface area contributed by atoms with Crippen molar-refractivity contribution in [3.05, 3.63) is 18.0 Å². The number of guanidine groups is 1. The van der Waals surface area contributed by atoms with Gasteiger partial charge in [0.05, 0.1) is 18.8 Å². The van der Waals surface area contributed by atoms with Gasteiger partial charge in [-0.2, -0.15) is 5.10 Å². The predicted molar refractivity (Wildman–Crippen MR) is 118 cm³/mol. The van der Waals surface area contributed by atoms with Gasteiger partial charge in [0.2, 0.25) is 0 Å². The predicted octanol–water partition coefficient (Wildman–Crippen LogP) is 2.93. The molecule has 1 N–H and O–H groups in total. The molecule has 2 unspecified atom stereocenters. The molecule has 0 spiro atoms. The first-order chi connectivity index (χ1) is 11.8. The first kappa shape index (κ1) is 23.2. The largest absolute Gasteiger partial charge is 0.379 e. The van der Waals surface area contributed by atoms with Gasteiger partial charge in [0.25, 0.3) is 0 Å². The fourth-order valence-corrected chi connectivity index (χ4v) is 3.40. The number of ether oxygens (including phenoxy) is 1. The van der Waals surface area contributed by atoms with E-state index in [9.17, 15) is 0 Å². The highest BCUT2D eigenvalue weighted by Crippen LogP contribution is 2.23. The molecule has 26 heavy (non-hydrogen) atoms. The maximum Gasteiger partial charge on any atom is 0.194 e. The topological polar surface area (TPSA) is 54.7 Å². The molecule has 150 valence electrons. The molecular formula is C19H36IN5O. The van der Waals surface area contributed by atoms with Crippen LogP contribution in [0.15, 0.2) is 17.4 Å². The van der Waals surface area contributed by atoms with Crippen molar-refractivity contribution < 1.29 is 4.74 Å². The van der Waals surface area contributed by atoms with Gasteiger partial charge >= 0.3 is 0 Å². The van der Waals surface area contributed by atoms with Crippen molar-refractivity contribution in [3.8, 4) is 0 Å². The van der Waals surface area contributed by atoms with Crippen LogP contribution in [-0.4, -0.2) is 60.0 Å². The summed E-state index contributed by atoms with van der Waals surface area (Å²) in [7, 11) is 3.75. The highest BCUT2D eigenvalue weighted by molar-refractivity contribution is 14.0. The van der Waals surface area contributed by atoms with Crippen LogP contribution in [0.5, 0.6) is 0 Å². The lowest BCUT2D eigenvalue weighted by Gasteiger charge is -2.29. The molecule has 1 aromatic rings. The van der Waals surface area contributed by atoms with E-state index in [1.54, 1.807) is 7.11 Å². The number of rotatable bonds is 6. The summed E-state index contributed by atoms with van der Waals surface area (Å²) in [5.41, 5.74) is 1.41. The number of likely N-dealkylation sites (tertiary alicyclic amines) is 1. The van der Waals surface area contributed by atoms with Crippen molar-refractivity contribution in [2.24, 2.45) is 23.4 Å². The molecule has 0 saturated carbocycles. The number of aromatic nitrogens is 2. The number of hydrogen-bond donors (Lipinski definition) is 1. The maximum atomic E-state index is 5.65. The summed E-state index contributed by atoms with van der Waals surface area (Å²) in [4.78, 5) is 7.26. The Bertz CT molecular complexity index is 567. The fourth-order valence-electron chi connectivity index (χ4n) is 3.40. The molecule has 7 heteroatoms. The number of aliphatic imine (C=N–C) groups is 1. The molecule has 1 fully saturated rings. The molecule has 1 saturated heterocycles. The van der Waals surface area contributed by atoms with Crippen molar-refractivity contribution in [3.63, 3.8) is 0 Å². The average molecular weight is 477 g/mol. The van der Waals surface area contributed by atoms with Crippen LogP contribution < -0.4 is 5.32 Å². The first-order valence-electron chi connectivity index (χ1n) is 9.37. The minimum Gasteiger partial charge on any atom is -0.379 e. The first-order valence-corrected chi connectivity index (χ1v) is 9.37. The van der Waals surface area contributed by atoms with Crippen LogP contribution >= 0.6 is 24.0 Å². The van der Waals surface area contributed by atoms with Crippen molar-refractivity contribution in [1.29, 1.82) is 0 Å². The van der Waals surface area contributed by atoms with Gasteiger partial charge in [-0.25, -0.2) is 0 Å². The molecule has 1 aliphatic heterocycles. The summed E-state index contributed by atoms with van der Waals surface area (Å²) in [5.74, 6) is 1.68. The number of nitrogens with zero attached hydrogens (tertiary/aromatic N) is 4. The molecule has 6 nitrogen and oxygen atoms in total. The maximum absolute atomic E-state index is 5.65. The summed E-state index contributed by atoms with van der Waals surface area (Å²) in [5, 5.41) is 7.72. The molecule has 2 heterocycles. The molecule has 0 amide bonds. The molecule has 2 atom stereocenters. The lowest BCUT2D eigenvalue weighted by Crippen LogP contribution is -2.41. The minimum absolute atomic E-state index is 0. The number of halogens is 1. The van der Waals surface area contributed by atoms with Crippen LogP contribution in [0, 0.1) is 11.3 Å².